The summed E-state index contributed by atoms with van der Waals surface area (Å²) in [5.74, 6) is 0.334. The van der Waals surface area contributed by atoms with Crippen molar-refractivity contribution >= 4 is 5.91 Å². The Bertz CT molecular complexity index is 219. The van der Waals surface area contributed by atoms with Crippen molar-refractivity contribution in [3.05, 3.63) is 0 Å². The van der Waals surface area contributed by atoms with E-state index >= 15 is 0 Å². The van der Waals surface area contributed by atoms with Gasteiger partial charge in [0.05, 0.1) is 0 Å². The molecule has 0 aromatic rings. The molecule has 15 heavy (non-hydrogen) atoms. The van der Waals surface area contributed by atoms with Crippen LogP contribution in [0.2, 0.25) is 0 Å². The quantitative estimate of drug-likeness (QED) is 0.722. The highest BCUT2D eigenvalue weighted by Crippen LogP contribution is 2.20. The van der Waals surface area contributed by atoms with Crippen LogP contribution in [0.25, 0.3) is 0 Å². The summed E-state index contributed by atoms with van der Waals surface area (Å²) in [7, 11) is 0. The van der Waals surface area contributed by atoms with Gasteiger partial charge in [-0.3, -0.25) is 4.79 Å². The molecule has 4 atom stereocenters. The minimum Gasteiger partial charge on any atom is -0.368 e. The molecule has 0 radical (unpaired) electrons. The smallest absolute Gasteiger partial charge is 0.249 e. The second kappa shape index (κ2) is 5.47. The topological polar surface area (TPSA) is 64.3 Å². The zero-order chi connectivity index (χ0) is 11.4. The summed E-state index contributed by atoms with van der Waals surface area (Å²) < 4.78 is 5.39. The van der Waals surface area contributed by atoms with Crippen molar-refractivity contribution in [1.82, 2.24) is 5.32 Å². The largest absolute Gasteiger partial charge is 0.368 e. The van der Waals surface area contributed by atoms with E-state index in [4.69, 9.17) is 10.5 Å². The van der Waals surface area contributed by atoms with Crippen LogP contribution in [0.1, 0.15) is 33.6 Å². The van der Waals surface area contributed by atoms with Gasteiger partial charge in [0.25, 0.3) is 0 Å². The van der Waals surface area contributed by atoms with Crippen LogP contribution in [-0.2, 0) is 9.53 Å². The number of amides is 1. The molecule has 4 unspecified atom stereocenters. The number of carbonyl (C=O) groups excluding carboxylic acids is 1. The van der Waals surface area contributed by atoms with Gasteiger partial charge in [-0.1, -0.05) is 6.92 Å². The first-order valence-corrected chi connectivity index (χ1v) is 5.68. The van der Waals surface area contributed by atoms with Gasteiger partial charge in [0.1, 0.15) is 6.10 Å². The van der Waals surface area contributed by atoms with Gasteiger partial charge in [-0.15, -0.1) is 0 Å². The Balaban J connectivity index is 2.34. The first-order valence-electron chi connectivity index (χ1n) is 5.68. The number of nitrogens with one attached hydrogen (secondary N) is 1. The first-order chi connectivity index (χ1) is 7.00. The van der Waals surface area contributed by atoms with Gasteiger partial charge < -0.3 is 15.8 Å². The van der Waals surface area contributed by atoms with Crippen molar-refractivity contribution in [3.8, 4) is 0 Å². The molecule has 4 nitrogen and oxygen atoms in total. The predicted molar refractivity (Wildman–Crippen MR) is 59.4 cm³/mol. The number of rotatable bonds is 4. The van der Waals surface area contributed by atoms with Gasteiger partial charge in [-0.05, 0) is 32.6 Å². The highest BCUT2D eigenvalue weighted by molar-refractivity contribution is 5.81. The highest BCUT2D eigenvalue weighted by atomic mass is 16.5. The molecule has 0 aliphatic carbocycles. The molecule has 1 aliphatic rings. The van der Waals surface area contributed by atoms with Gasteiger partial charge in [-0.2, -0.15) is 0 Å². The Morgan fingerprint density at radius 3 is 2.73 bits per heavy atom. The summed E-state index contributed by atoms with van der Waals surface area (Å²) in [5, 5.41) is 2.94. The highest BCUT2D eigenvalue weighted by Gasteiger charge is 2.31. The molecular weight excluding hydrogens is 192 g/mol. The van der Waals surface area contributed by atoms with Crippen LogP contribution in [-0.4, -0.2) is 30.7 Å². The Hall–Kier alpha value is -0.610. The fraction of sp³-hybridized carbons (Fsp3) is 0.909. The van der Waals surface area contributed by atoms with Gasteiger partial charge in [-0.25, -0.2) is 0 Å². The number of carbonyl (C=O) groups is 1. The predicted octanol–water partition coefficient (Wildman–Crippen LogP) is 0.653. The average molecular weight is 214 g/mol. The van der Waals surface area contributed by atoms with E-state index in [1.807, 2.05) is 20.8 Å². The maximum atomic E-state index is 11.8. The molecule has 0 bridgehead atoms. The molecule has 1 amide bonds. The molecule has 1 heterocycles. The number of ether oxygens (including phenoxy) is 1. The van der Waals surface area contributed by atoms with Crippen molar-refractivity contribution in [3.63, 3.8) is 0 Å². The Morgan fingerprint density at radius 1 is 1.60 bits per heavy atom. The second-order valence-corrected chi connectivity index (χ2v) is 4.68. The summed E-state index contributed by atoms with van der Waals surface area (Å²) in [6.07, 6.45) is 1.51. The number of hydrogen-bond donors (Lipinski definition) is 2. The lowest BCUT2D eigenvalue weighted by Crippen LogP contribution is -2.43. The molecule has 0 saturated carbocycles. The van der Waals surface area contributed by atoms with Crippen LogP contribution in [0, 0.1) is 5.92 Å². The normalized spacial score (nSPS) is 29.9. The molecular formula is C11H22N2O2. The van der Waals surface area contributed by atoms with Crippen LogP contribution in [0.5, 0.6) is 0 Å². The van der Waals surface area contributed by atoms with E-state index in [9.17, 15) is 4.79 Å². The van der Waals surface area contributed by atoms with E-state index in [0.29, 0.717) is 12.5 Å². The maximum Gasteiger partial charge on any atom is 0.249 e. The van der Waals surface area contributed by atoms with Crippen molar-refractivity contribution in [2.45, 2.75) is 51.8 Å². The Morgan fingerprint density at radius 2 is 2.27 bits per heavy atom. The number of nitrogens with two attached hydrogens (primary N) is 1. The summed E-state index contributed by atoms with van der Waals surface area (Å²) in [4.78, 5) is 11.8. The summed E-state index contributed by atoms with van der Waals surface area (Å²) in [6, 6.07) is 0.233. The van der Waals surface area contributed by atoms with E-state index < -0.39 is 0 Å². The van der Waals surface area contributed by atoms with E-state index in [-0.39, 0.29) is 24.1 Å². The SMILES string of the molecule is CC(N)CC(C)NC(=O)C1OCCC1C. The monoisotopic (exact) mass is 214 g/mol. The maximum absolute atomic E-state index is 11.8. The molecule has 1 saturated heterocycles. The molecule has 0 aromatic heterocycles. The summed E-state index contributed by atoms with van der Waals surface area (Å²) in [6.45, 7) is 6.66. The van der Waals surface area contributed by atoms with Crippen molar-refractivity contribution in [1.29, 1.82) is 0 Å². The van der Waals surface area contributed by atoms with Gasteiger partial charge in [0.15, 0.2) is 0 Å². The minimum absolute atomic E-state index is 0.00755. The van der Waals surface area contributed by atoms with Crippen LogP contribution < -0.4 is 11.1 Å². The van der Waals surface area contributed by atoms with Crippen molar-refractivity contribution < 1.29 is 9.53 Å². The first kappa shape index (κ1) is 12.5. The fourth-order valence-corrected chi connectivity index (χ4v) is 1.97. The molecule has 1 aliphatic heterocycles. The Labute approximate surface area is 91.5 Å². The average Bonchev–Trinajstić information content (AvgIpc) is 2.49. The van der Waals surface area contributed by atoms with Crippen LogP contribution >= 0.6 is 0 Å². The standard InChI is InChI=1S/C11H22N2O2/c1-7-4-5-15-10(7)11(14)13-9(3)6-8(2)12/h7-10H,4-6,12H2,1-3H3,(H,13,14). The van der Waals surface area contributed by atoms with Gasteiger partial charge in [0.2, 0.25) is 5.91 Å². The van der Waals surface area contributed by atoms with Crippen molar-refractivity contribution in [2.75, 3.05) is 6.61 Å². The lowest BCUT2D eigenvalue weighted by molar-refractivity contribution is -0.132. The summed E-state index contributed by atoms with van der Waals surface area (Å²) in [5.41, 5.74) is 5.67. The molecule has 0 aromatic carbocycles. The fourth-order valence-electron chi connectivity index (χ4n) is 1.97. The number of hydrogen-bond acceptors (Lipinski definition) is 3. The van der Waals surface area contributed by atoms with Gasteiger partial charge in [0, 0.05) is 18.7 Å². The van der Waals surface area contributed by atoms with E-state index in [1.54, 1.807) is 0 Å². The lowest BCUT2D eigenvalue weighted by atomic mass is 10.0. The van der Waals surface area contributed by atoms with Crippen molar-refractivity contribution in [2.24, 2.45) is 11.7 Å². The van der Waals surface area contributed by atoms with E-state index in [1.165, 1.54) is 0 Å². The third-order valence-corrected chi connectivity index (χ3v) is 2.76. The van der Waals surface area contributed by atoms with Crippen LogP contribution in [0.3, 0.4) is 0 Å². The lowest BCUT2D eigenvalue weighted by Gasteiger charge is -2.20. The van der Waals surface area contributed by atoms with Gasteiger partial charge >= 0.3 is 0 Å². The van der Waals surface area contributed by atoms with E-state index in [2.05, 4.69) is 5.32 Å². The minimum atomic E-state index is -0.263. The third-order valence-electron chi connectivity index (χ3n) is 2.76. The molecule has 1 fully saturated rings. The zero-order valence-corrected chi connectivity index (χ0v) is 9.82. The second-order valence-electron chi connectivity index (χ2n) is 4.68. The zero-order valence-electron chi connectivity index (χ0n) is 9.82. The molecule has 4 heteroatoms. The Kier molecular flexibility index (Phi) is 4.54. The molecule has 1 rings (SSSR count). The van der Waals surface area contributed by atoms with Crippen LogP contribution in [0.15, 0.2) is 0 Å². The molecule has 3 N–H and O–H groups in total. The van der Waals surface area contributed by atoms with E-state index in [0.717, 1.165) is 12.8 Å². The third kappa shape index (κ3) is 3.80. The molecule has 0 spiro atoms. The molecule has 88 valence electrons. The van der Waals surface area contributed by atoms with Crippen LogP contribution in [0.4, 0.5) is 0 Å². The summed E-state index contributed by atoms with van der Waals surface area (Å²) >= 11 is 0.